The summed E-state index contributed by atoms with van der Waals surface area (Å²) < 4.78 is 1.79. The van der Waals surface area contributed by atoms with Crippen LogP contribution < -0.4 is 0 Å². The van der Waals surface area contributed by atoms with Crippen LogP contribution in [0.3, 0.4) is 0 Å². The van der Waals surface area contributed by atoms with Crippen molar-refractivity contribution in [3.63, 3.8) is 0 Å². The van der Waals surface area contributed by atoms with Crippen LogP contribution in [-0.2, 0) is 0 Å². The fraction of sp³-hybridized carbons (Fsp3) is 0.125. The van der Waals surface area contributed by atoms with E-state index in [0.29, 0.717) is 5.02 Å². The van der Waals surface area contributed by atoms with Gasteiger partial charge in [0.1, 0.15) is 5.65 Å². The Balaban J connectivity index is 2.82. The minimum atomic E-state index is 0.700. The Morgan fingerprint density at radius 3 is 3.18 bits per heavy atom. The number of hydrogen-bond acceptors (Lipinski definition) is 1. The molecule has 2 nitrogen and oxygen atoms in total. The zero-order valence-electron chi connectivity index (χ0n) is 6.00. The second-order valence-electron chi connectivity index (χ2n) is 2.38. The van der Waals surface area contributed by atoms with E-state index in [1.165, 1.54) is 0 Å². The maximum Gasteiger partial charge on any atom is 0.137 e. The largest absolute Gasteiger partial charge is 0.296 e. The van der Waals surface area contributed by atoms with Crippen molar-refractivity contribution in [3.05, 3.63) is 35.2 Å². The van der Waals surface area contributed by atoms with Gasteiger partial charge < -0.3 is 0 Å². The van der Waals surface area contributed by atoms with Gasteiger partial charge in [0.15, 0.2) is 0 Å². The summed E-state index contributed by atoms with van der Waals surface area (Å²) in [6, 6.07) is 3.68. The van der Waals surface area contributed by atoms with Crippen molar-refractivity contribution < 1.29 is 0 Å². The van der Waals surface area contributed by atoms with E-state index in [9.17, 15) is 0 Å². The van der Waals surface area contributed by atoms with Gasteiger partial charge in [-0.25, -0.2) is 4.98 Å². The number of nitrogens with zero attached hydrogens (tertiary/aromatic N) is 2. The van der Waals surface area contributed by atoms with Crippen LogP contribution in [0.15, 0.2) is 18.3 Å². The maximum absolute atomic E-state index is 5.76. The molecule has 2 heterocycles. The first kappa shape index (κ1) is 6.68. The maximum atomic E-state index is 5.76. The predicted molar refractivity (Wildman–Crippen MR) is 43.8 cm³/mol. The Kier molecular flexibility index (Phi) is 1.36. The number of aromatic nitrogens is 2. The monoisotopic (exact) mass is 165 g/mol. The molecule has 11 heavy (non-hydrogen) atoms. The first-order valence-corrected chi connectivity index (χ1v) is 3.67. The van der Waals surface area contributed by atoms with Gasteiger partial charge in [0, 0.05) is 6.20 Å². The summed E-state index contributed by atoms with van der Waals surface area (Å²) in [5, 5.41) is 0.700. The van der Waals surface area contributed by atoms with Gasteiger partial charge in [-0.15, -0.1) is 0 Å². The van der Waals surface area contributed by atoms with Gasteiger partial charge in [-0.05, 0) is 19.1 Å². The molecule has 0 saturated heterocycles. The molecule has 0 bridgehead atoms. The fourth-order valence-electron chi connectivity index (χ4n) is 1.02. The molecule has 0 atom stereocenters. The summed E-state index contributed by atoms with van der Waals surface area (Å²) in [5.41, 5.74) is 1.76. The molecule has 0 fully saturated rings. The quantitative estimate of drug-likeness (QED) is 0.585. The molecule has 0 amide bonds. The number of fused-ring (bicyclic) bond motifs is 1. The van der Waals surface area contributed by atoms with E-state index in [4.69, 9.17) is 11.6 Å². The Labute approximate surface area is 69.4 Å². The van der Waals surface area contributed by atoms with E-state index in [1.54, 1.807) is 10.6 Å². The second kappa shape index (κ2) is 2.24. The smallest absolute Gasteiger partial charge is 0.137 e. The third-order valence-electron chi connectivity index (χ3n) is 1.46. The van der Waals surface area contributed by atoms with Crippen LogP contribution in [0.4, 0.5) is 0 Å². The number of imidazole rings is 1. The lowest BCUT2D eigenvalue weighted by molar-refractivity contribution is 1.17. The van der Waals surface area contributed by atoms with Gasteiger partial charge in [0.25, 0.3) is 0 Å². The SMILES string of the molecule is Cc1[c]n2cc(Cl)ccc2n1. The highest BCUT2D eigenvalue weighted by Crippen LogP contribution is 2.10. The Hall–Kier alpha value is -1.02. The molecule has 0 aliphatic heterocycles. The Morgan fingerprint density at radius 2 is 2.36 bits per heavy atom. The zero-order valence-corrected chi connectivity index (χ0v) is 6.76. The van der Waals surface area contributed by atoms with Gasteiger partial charge in [0.2, 0.25) is 0 Å². The number of halogens is 1. The lowest BCUT2D eigenvalue weighted by Gasteiger charge is -1.90. The van der Waals surface area contributed by atoms with Crippen molar-refractivity contribution in [1.82, 2.24) is 9.38 Å². The molecule has 0 aromatic carbocycles. The third kappa shape index (κ3) is 1.10. The predicted octanol–water partition coefficient (Wildman–Crippen LogP) is 2.10. The van der Waals surface area contributed by atoms with Crippen LogP contribution in [0.1, 0.15) is 5.69 Å². The summed E-state index contributed by atoms with van der Waals surface area (Å²) in [6.07, 6.45) is 4.81. The average molecular weight is 166 g/mol. The lowest BCUT2D eigenvalue weighted by atomic mass is 10.5. The molecule has 0 aliphatic carbocycles. The van der Waals surface area contributed by atoms with Crippen molar-refractivity contribution in [2.45, 2.75) is 6.92 Å². The molecule has 0 N–H and O–H groups in total. The van der Waals surface area contributed by atoms with Gasteiger partial charge >= 0.3 is 0 Å². The summed E-state index contributed by atoms with van der Waals surface area (Å²) in [7, 11) is 0. The fourth-order valence-corrected chi connectivity index (χ4v) is 1.18. The molecular formula is C8H6ClN2. The van der Waals surface area contributed by atoms with Crippen LogP contribution in [-0.4, -0.2) is 9.38 Å². The second-order valence-corrected chi connectivity index (χ2v) is 2.82. The molecule has 0 aliphatic rings. The Morgan fingerprint density at radius 1 is 1.55 bits per heavy atom. The molecule has 0 spiro atoms. The van der Waals surface area contributed by atoms with Crippen molar-refractivity contribution in [3.8, 4) is 0 Å². The highest BCUT2D eigenvalue weighted by Gasteiger charge is 1.96. The topological polar surface area (TPSA) is 17.3 Å². The number of hydrogen-bond donors (Lipinski definition) is 0. The summed E-state index contributed by atoms with van der Waals surface area (Å²) in [4.78, 5) is 4.20. The zero-order chi connectivity index (χ0) is 7.84. The van der Waals surface area contributed by atoms with Crippen LogP contribution in [0.2, 0.25) is 5.02 Å². The van der Waals surface area contributed by atoms with E-state index in [0.717, 1.165) is 11.3 Å². The molecule has 1 radical (unpaired) electrons. The minimum absolute atomic E-state index is 0.700. The molecule has 55 valence electrons. The first-order valence-electron chi connectivity index (χ1n) is 3.29. The van der Waals surface area contributed by atoms with Crippen LogP contribution in [0.25, 0.3) is 5.65 Å². The minimum Gasteiger partial charge on any atom is -0.296 e. The highest BCUT2D eigenvalue weighted by atomic mass is 35.5. The van der Waals surface area contributed by atoms with Gasteiger partial charge in [-0.1, -0.05) is 11.6 Å². The van der Waals surface area contributed by atoms with Gasteiger partial charge in [-0.2, -0.15) is 0 Å². The molecule has 0 saturated carbocycles. The highest BCUT2D eigenvalue weighted by molar-refractivity contribution is 6.30. The van der Waals surface area contributed by atoms with Gasteiger partial charge in [0.05, 0.1) is 16.9 Å². The van der Waals surface area contributed by atoms with Crippen LogP contribution in [0, 0.1) is 13.1 Å². The van der Waals surface area contributed by atoms with E-state index in [-0.39, 0.29) is 0 Å². The number of rotatable bonds is 0. The summed E-state index contributed by atoms with van der Waals surface area (Å²) in [6.45, 7) is 1.90. The molecule has 2 rings (SSSR count). The molecular weight excluding hydrogens is 160 g/mol. The van der Waals surface area contributed by atoms with E-state index >= 15 is 0 Å². The lowest BCUT2D eigenvalue weighted by Crippen LogP contribution is -1.80. The van der Waals surface area contributed by atoms with Crippen molar-refractivity contribution >= 4 is 17.2 Å². The van der Waals surface area contributed by atoms with Crippen LogP contribution >= 0.6 is 11.6 Å². The van der Waals surface area contributed by atoms with Gasteiger partial charge in [-0.3, -0.25) is 4.40 Å². The summed E-state index contributed by atoms with van der Waals surface area (Å²) in [5.74, 6) is 0. The standard InChI is InChI=1S/C8H6ClN2/c1-6-4-11-5-7(9)2-3-8(11)10-6/h2-3,5H,1H3. The van der Waals surface area contributed by atoms with E-state index < -0.39 is 0 Å². The molecule has 0 unspecified atom stereocenters. The van der Waals surface area contributed by atoms with Crippen LogP contribution in [0.5, 0.6) is 0 Å². The number of aryl methyl sites for hydroxylation is 1. The molecule has 2 aromatic rings. The third-order valence-corrected chi connectivity index (χ3v) is 1.68. The van der Waals surface area contributed by atoms with E-state index in [1.807, 2.05) is 19.1 Å². The number of pyridine rings is 1. The first-order chi connectivity index (χ1) is 5.25. The van der Waals surface area contributed by atoms with Crippen molar-refractivity contribution in [1.29, 1.82) is 0 Å². The summed E-state index contributed by atoms with van der Waals surface area (Å²) >= 11 is 5.76. The average Bonchev–Trinajstić information content (AvgIpc) is 2.27. The van der Waals surface area contributed by atoms with Crippen molar-refractivity contribution in [2.24, 2.45) is 0 Å². The normalized spacial score (nSPS) is 10.7. The Bertz CT molecular complexity index is 392. The van der Waals surface area contributed by atoms with E-state index in [2.05, 4.69) is 11.2 Å². The molecule has 2 aromatic heterocycles. The van der Waals surface area contributed by atoms with Crippen molar-refractivity contribution in [2.75, 3.05) is 0 Å². The molecule has 3 heteroatoms.